The fourth-order valence-electron chi connectivity index (χ4n) is 1.79. The number of benzene rings is 1. The molecule has 6 heteroatoms. The van der Waals surface area contributed by atoms with Crippen LogP contribution in [-0.4, -0.2) is 28.1 Å². The van der Waals surface area contributed by atoms with E-state index in [1.165, 1.54) is 5.56 Å². The number of rotatable bonds is 6. The first-order chi connectivity index (χ1) is 10.1. The summed E-state index contributed by atoms with van der Waals surface area (Å²) in [6.07, 6.45) is 0.990. The number of ether oxygens (including phenoxy) is 1. The van der Waals surface area contributed by atoms with E-state index in [1.54, 1.807) is 7.05 Å². The lowest BCUT2D eigenvalue weighted by molar-refractivity contribution is 0.222. The lowest BCUT2D eigenvalue weighted by Crippen LogP contribution is -2.11. The minimum atomic E-state index is 0.00776. The van der Waals surface area contributed by atoms with Crippen LogP contribution in [0.1, 0.15) is 26.3 Å². The van der Waals surface area contributed by atoms with Gasteiger partial charge in [-0.05, 0) is 38.0 Å². The summed E-state index contributed by atoms with van der Waals surface area (Å²) in [5.74, 6) is 0.924. The van der Waals surface area contributed by atoms with Gasteiger partial charge in [-0.25, -0.2) is 0 Å². The van der Waals surface area contributed by atoms with Crippen molar-refractivity contribution in [1.82, 2.24) is 15.0 Å². The van der Waals surface area contributed by atoms with Crippen molar-refractivity contribution >= 4 is 17.6 Å². The fourth-order valence-corrected chi connectivity index (χ4v) is 1.79. The van der Waals surface area contributed by atoms with Crippen LogP contribution in [0.15, 0.2) is 24.3 Å². The molecule has 2 N–H and O–H groups in total. The minimum absolute atomic E-state index is 0.00776. The Hall–Kier alpha value is -2.37. The second-order valence-electron chi connectivity index (χ2n) is 4.86. The van der Waals surface area contributed by atoms with Crippen LogP contribution in [0.2, 0.25) is 0 Å². The average Bonchev–Trinajstić information content (AvgIpc) is 2.46. The zero-order valence-corrected chi connectivity index (χ0v) is 12.8. The first-order valence-corrected chi connectivity index (χ1v) is 7.07. The Bertz CT molecular complexity index is 600. The van der Waals surface area contributed by atoms with Gasteiger partial charge in [0.1, 0.15) is 0 Å². The molecular weight excluding hydrogens is 266 g/mol. The maximum absolute atomic E-state index is 5.54. The third kappa shape index (κ3) is 4.30. The van der Waals surface area contributed by atoms with Crippen molar-refractivity contribution < 1.29 is 4.74 Å². The SMILES string of the molecule is CCc1cccc(Nc2nc(NC)nc(OC(C)C)n2)c1. The van der Waals surface area contributed by atoms with E-state index in [0.29, 0.717) is 17.9 Å². The molecule has 0 unspecified atom stereocenters. The van der Waals surface area contributed by atoms with Gasteiger partial charge >= 0.3 is 6.01 Å². The predicted octanol–water partition coefficient (Wildman–Crippen LogP) is 3.01. The minimum Gasteiger partial charge on any atom is -0.461 e. The third-order valence-corrected chi connectivity index (χ3v) is 2.77. The largest absolute Gasteiger partial charge is 0.461 e. The Morgan fingerprint density at radius 2 is 1.90 bits per heavy atom. The Balaban J connectivity index is 2.25. The summed E-state index contributed by atoms with van der Waals surface area (Å²) in [7, 11) is 1.76. The van der Waals surface area contributed by atoms with Crippen LogP contribution in [0.3, 0.4) is 0 Å². The zero-order valence-electron chi connectivity index (χ0n) is 12.8. The highest BCUT2D eigenvalue weighted by atomic mass is 16.5. The molecule has 0 atom stereocenters. The van der Waals surface area contributed by atoms with Gasteiger partial charge in [-0.15, -0.1) is 0 Å². The zero-order chi connectivity index (χ0) is 15.2. The Labute approximate surface area is 125 Å². The van der Waals surface area contributed by atoms with Crippen LogP contribution in [0.5, 0.6) is 6.01 Å². The fraction of sp³-hybridized carbons (Fsp3) is 0.400. The molecule has 21 heavy (non-hydrogen) atoms. The summed E-state index contributed by atoms with van der Waals surface area (Å²) in [5, 5.41) is 6.09. The first-order valence-electron chi connectivity index (χ1n) is 7.07. The van der Waals surface area contributed by atoms with Crippen molar-refractivity contribution in [2.24, 2.45) is 0 Å². The number of hydrogen-bond acceptors (Lipinski definition) is 6. The molecule has 0 saturated carbocycles. The molecule has 1 aromatic carbocycles. The van der Waals surface area contributed by atoms with Gasteiger partial charge in [-0.2, -0.15) is 15.0 Å². The number of nitrogens with zero attached hydrogens (tertiary/aromatic N) is 3. The molecule has 0 amide bonds. The number of nitrogens with one attached hydrogen (secondary N) is 2. The van der Waals surface area contributed by atoms with E-state index in [-0.39, 0.29) is 6.10 Å². The molecule has 1 heterocycles. The summed E-state index contributed by atoms with van der Waals surface area (Å²) in [4.78, 5) is 12.7. The molecule has 1 aromatic heterocycles. The van der Waals surface area contributed by atoms with Crippen LogP contribution < -0.4 is 15.4 Å². The maximum Gasteiger partial charge on any atom is 0.323 e. The molecule has 0 aliphatic rings. The molecule has 2 rings (SSSR count). The normalized spacial score (nSPS) is 10.5. The number of anilines is 3. The lowest BCUT2D eigenvalue weighted by atomic mass is 10.1. The summed E-state index contributed by atoms with van der Waals surface area (Å²) in [5.41, 5.74) is 2.19. The van der Waals surface area contributed by atoms with Gasteiger partial charge in [0, 0.05) is 12.7 Å². The highest BCUT2D eigenvalue weighted by Gasteiger charge is 2.08. The van der Waals surface area contributed by atoms with E-state index in [9.17, 15) is 0 Å². The number of hydrogen-bond donors (Lipinski definition) is 2. The molecule has 0 fully saturated rings. The molecule has 2 aromatic rings. The molecule has 0 spiro atoms. The van der Waals surface area contributed by atoms with E-state index in [1.807, 2.05) is 26.0 Å². The monoisotopic (exact) mass is 287 g/mol. The van der Waals surface area contributed by atoms with Crippen LogP contribution in [0.4, 0.5) is 17.6 Å². The van der Waals surface area contributed by atoms with Gasteiger partial charge in [0.15, 0.2) is 0 Å². The second-order valence-corrected chi connectivity index (χ2v) is 4.86. The summed E-state index contributed by atoms with van der Waals surface area (Å²) >= 11 is 0. The summed E-state index contributed by atoms with van der Waals surface area (Å²) < 4.78 is 5.54. The van der Waals surface area contributed by atoms with Gasteiger partial charge in [-0.3, -0.25) is 0 Å². The van der Waals surface area contributed by atoms with E-state index in [2.05, 4.69) is 44.6 Å². The van der Waals surface area contributed by atoms with Crippen LogP contribution >= 0.6 is 0 Å². The molecule has 0 aliphatic heterocycles. The standard InChI is InChI=1S/C15H21N5O/c1-5-11-7-6-8-12(9-11)17-14-18-13(16-4)19-15(20-14)21-10(2)3/h6-10H,5H2,1-4H3,(H2,16,17,18,19,20). The third-order valence-electron chi connectivity index (χ3n) is 2.77. The van der Waals surface area contributed by atoms with E-state index < -0.39 is 0 Å². The van der Waals surface area contributed by atoms with Crippen molar-refractivity contribution in [1.29, 1.82) is 0 Å². The van der Waals surface area contributed by atoms with Gasteiger partial charge in [0.2, 0.25) is 11.9 Å². The first kappa shape index (κ1) is 15.0. The second kappa shape index (κ2) is 6.88. The topological polar surface area (TPSA) is 72.0 Å². The highest BCUT2D eigenvalue weighted by Crippen LogP contribution is 2.18. The molecule has 0 saturated heterocycles. The van der Waals surface area contributed by atoms with Crippen molar-refractivity contribution in [2.75, 3.05) is 17.7 Å². The quantitative estimate of drug-likeness (QED) is 0.851. The average molecular weight is 287 g/mol. The van der Waals surface area contributed by atoms with Crippen molar-refractivity contribution in [3.05, 3.63) is 29.8 Å². The lowest BCUT2D eigenvalue weighted by Gasteiger charge is -2.11. The van der Waals surface area contributed by atoms with Crippen LogP contribution in [0.25, 0.3) is 0 Å². The van der Waals surface area contributed by atoms with Crippen LogP contribution in [0, 0.1) is 0 Å². The van der Waals surface area contributed by atoms with Crippen molar-refractivity contribution in [2.45, 2.75) is 33.3 Å². The van der Waals surface area contributed by atoms with E-state index in [4.69, 9.17) is 4.74 Å². The Kier molecular flexibility index (Phi) is 4.92. The summed E-state index contributed by atoms with van der Waals surface area (Å²) in [6.45, 7) is 5.98. The number of aromatic nitrogens is 3. The van der Waals surface area contributed by atoms with Gasteiger partial charge in [0.05, 0.1) is 6.10 Å². The molecule has 112 valence electrons. The van der Waals surface area contributed by atoms with Gasteiger partial charge in [-0.1, -0.05) is 19.1 Å². The van der Waals surface area contributed by atoms with Gasteiger partial charge < -0.3 is 15.4 Å². The predicted molar refractivity (Wildman–Crippen MR) is 84.2 cm³/mol. The molecule has 0 bridgehead atoms. The van der Waals surface area contributed by atoms with Crippen LogP contribution in [-0.2, 0) is 6.42 Å². The summed E-state index contributed by atoms with van der Waals surface area (Å²) in [6, 6.07) is 8.45. The molecule has 0 radical (unpaired) electrons. The van der Waals surface area contributed by atoms with E-state index in [0.717, 1.165) is 12.1 Å². The maximum atomic E-state index is 5.54. The number of aryl methyl sites for hydroxylation is 1. The molecule has 6 nitrogen and oxygen atoms in total. The molecular formula is C15H21N5O. The van der Waals surface area contributed by atoms with Crippen molar-refractivity contribution in [3.63, 3.8) is 0 Å². The Morgan fingerprint density at radius 3 is 2.57 bits per heavy atom. The van der Waals surface area contributed by atoms with Crippen molar-refractivity contribution in [3.8, 4) is 6.01 Å². The van der Waals surface area contributed by atoms with E-state index >= 15 is 0 Å². The highest BCUT2D eigenvalue weighted by molar-refractivity contribution is 5.55. The Morgan fingerprint density at radius 1 is 1.14 bits per heavy atom. The van der Waals surface area contributed by atoms with Gasteiger partial charge in [0.25, 0.3) is 0 Å². The molecule has 0 aliphatic carbocycles. The smallest absolute Gasteiger partial charge is 0.323 e.